The van der Waals surface area contributed by atoms with Gasteiger partial charge in [0, 0.05) is 11.4 Å². The highest BCUT2D eigenvalue weighted by molar-refractivity contribution is 6.28. The van der Waals surface area contributed by atoms with Gasteiger partial charge in [0.15, 0.2) is 0 Å². The van der Waals surface area contributed by atoms with Crippen LogP contribution in [0.15, 0.2) is 48.5 Å². The smallest absolute Gasteiger partial charge is 0.233 e. The molecule has 1 aromatic heterocycles. The lowest BCUT2D eigenvalue weighted by atomic mass is 10.1. The van der Waals surface area contributed by atoms with Crippen molar-refractivity contribution in [3.8, 4) is 11.5 Å². The maximum Gasteiger partial charge on any atom is 0.233 e. The zero-order chi connectivity index (χ0) is 23.6. The Morgan fingerprint density at radius 3 is 1.42 bits per heavy atom. The van der Waals surface area contributed by atoms with E-state index in [1.54, 1.807) is 0 Å². The molecule has 0 bridgehead atoms. The summed E-state index contributed by atoms with van der Waals surface area (Å²) in [6.45, 7) is 10.1. The average molecular weight is 470 g/mol. The molecule has 0 amide bonds. The minimum atomic E-state index is 0.0947. The number of hydrogen-bond donors (Lipinski definition) is 2. The predicted octanol–water partition coefficient (Wildman–Crippen LogP) is 6.86. The summed E-state index contributed by atoms with van der Waals surface area (Å²) in [6, 6.07) is 15.3. The van der Waals surface area contributed by atoms with Gasteiger partial charge in [-0.15, -0.1) is 0 Å². The van der Waals surface area contributed by atoms with Crippen molar-refractivity contribution in [2.24, 2.45) is 11.8 Å². The van der Waals surface area contributed by atoms with Crippen molar-refractivity contribution < 1.29 is 9.47 Å². The van der Waals surface area contributed by atoms with Crippen molar-refractivity contribution in [3.05, 3.63) is 53.8 Å². The van der Waals surface area contributed by atoms with Crippen LogP contribution < -0.4 is 20.1 Å². The molecule has 0 radical (unpaired) electrons. The molecule has 0 aliphatic rings. The van der Waals surface area contributed by atoms with Gasteiger partial charge >= 0.3 is 0 Å². The third-order valence-electron chi connectivity index (χ3n) is 4.76. The largest absolute Gasteiger partial charge is 0.494 e. The second-order valence-electron chi connectivity index (χ2n) is 8.61. The van der Waals surface area contributed by atoms with Crippen LogP contribution in [0.1, 0.15) is 40.5 Å². The molecule has 8 heteroatoms. The van der Waals surface area contributed by atoms with Gasteiger partial charge in [-0.1, -0.05) is 27.7 Å². The summed E-state index contributed by atoms with van der Waals surface area (Å²) < 4.78 is 11.5. The normalized spacial score (nSPS) is 11.0. The average Bonchev–Trinajstić information content (AvgIpc) is 2.75. The topological polar surface area (TPSA) is 81.2 Å². The van der Waals surface area contributed by atoms with Crippen LogP contribution in [0.3, 0.4) is 0 Å². The Hall–Kier alpha value is -3.06. The summed E-state index contributed by atoms with van der Waals surface area (Å²) in [5, 5.41) is 6.40. The van der Waals surface area contributed by atoms with E-state index in [0.29, 0.717) is 36.9 Å². The Morgan fingerprint density at radius 2 is 1.06 bits per heavy atom. The molecule has 0 saturated carbocycles. The zero-order valence-electron chi connectivity index (χ0n) is 19.6. The van der Waals surface area contributed by atoms with Crippen molar-refractivity contribution in [1.29, 1.82) is 0 Å². The molecule has 1 heterocycles. The molecule has 0 saturated heterocycles. The highest BCUT2D eigenvalue weighted by Gasteiger charge is 2.07. The van der Waals surface area contributed by atoms with Crippen LogP contribution in [0.5, 0.6) is 11.5 Å². The standard InChI is InChI=1S/C25H32ClN5O2/c1-17(2)13-15-32-21-9-5-19(6-10-21)27-24-29-23(26)30-25(31-24)28-20-7-11-22(12-8-20)33-16-14-18(3)4/h5-12,17-18H,13-16H2,1-4H3,(H2,27,28,29,30,31). The number of benzene rings is 2. The monoisotopic (exact) mass is 469 g/mol. The fourth-order valence-corrected chi connectivity index (χ4v) is 2.97. The van der Waals surface area contributed by atoms with Crippen molar-refractivity contribution in [1.82, 2.24) is 15.0 Å². The van der Waals surface area contributed by atoms with Gasteiger partial charge in [-0.05, 0) is 84.8 Å². The molecule has 0 aliphatic carbocycles. The molecule has 3 rings (SSSR count). The minimum Gasteiger partial charge on any atom is -0.494 e. The number of rotatable bonds is 12. The number of hydrogen-bond acceptors (Lipinski definition) is 7. The SMILES string of the molecule is CC(C)CCOc1ccc(Nc2nc(Cl)nc(Nc3ccc(OCCC(C)C)cc3)n2)cc1. The van der Waals surface area contributed by atoms with E-state index in [1.165, 1.54) is 0 Å². The summed E-state index contributed by atoms with van der Waals surface area (Å²) in [4.78, 5) is 12.7. The lowest BCUT2D eigenvalue weighted by Gasteiger charge is -2.11. The van der Waals surface area contributed by atoms with Crippen molar-refractivity contribution in [3.63, 3.8) is 0 Å². The summed E-state index contributed by atoms with van der Waals surface area (Å²) in [5.74, 6) is 3.58. The molecular formula is C25H32ClN5O2. The molecule has 0 aliphatic heterocycles. The summed E-state index contributed by atoms with van der Waals surface area (Å²) in [7, 11) is 0. The fourth-order valence-electron chi connectivity index (χ4n) is 2.81. The van der Waals surface area contributed by atoms with E-state index in [0.717, 1.165) is 35.7 Å². The molecule has 7 nitrogen and oxygen atoms in total. The minimum absolute atomic E-state index is 0.0947. The molecule has 3 aromatic rings. The van der Waals surface area contributed by atoms with Gasteiger partial charge in [0.05, 0.1) is 13.2 Å². The van der Waals surface area contributed by atoms with E-state index < -0.39 is 0 Å². The van der Waals surface area contributed by atoms with E-state index in [1.807, 2.05) is 48.5 Å². The molecule has 2 N–H and O–H groups in total. The Balaban J connectivity index is 1.58. The van der Waals surface area contributed by atoms with E-state index in [-0.39, 0.29) is 5.28 Å². The molecular weight excluding hydrogens is 438 g/mol. The van der Waals surface area contributed by atoms with Gasteiger partial charge in [0.25, 0.3) is 0 Å². The predicted molar refractivity (Wildman–Crippen MR) is 134 cm³/mol. The number of anilines is 4. The second-order valence-corrected chi connectivity index (χ2v) is 8.95. The van der Waals surface area contributed by atoms with Crippen LogP contribution in [0.2, 0.25) is 5.28 Å². The molecule has 176 valence electrons. The summed E-state index contributed by atoms with van der Waals surface area (Å²) in [5.41, 5.74) is 1.64. The molecule has 0 unspecified atom stereocenters. The van der Waals surface area contributed by atoms with Gasteiger partial charge in [-0.2, -0.15) is 15.0 Å². The van der Waals surface area contributed by atoms with Crippen molar-refractivity contribution >= 4 is 34.9 Å². The lowest BCUT2D eigenvalue weighted by molar-refractivity contribution is 0.289. The number of nitrogens with zero attached hydrogens (tertiary/aromatic N) is 3. The molecule has 0 atom stereocenters. The van der Waals surface area contributed by atoms with Gasteiger partial charge in [0.1, 0.15) is 11.5 Å². The van der Waals surface area contributed by atoms with E-state index >= 15 is 0 Å². The Bertz CT molecular complexity index is 917. The summed E-state index contributed by atoms with van der Waals surface area (Å²) >= 11 is 6.12. The number of halogens is 1. The van der Waals surface area contributed by atoms with E-state index in [2.05, 4.69) is 53.3 Å². The highest BCUT2D eigenvalue weighted by Crippen LogP contribution is 2.22. The lowest BCUT2D eigenvalue weighted by Crippen LogP contribution is -2.04. The Morgan fingerprint density at radius 1 is 0.667 bits per heavy atom. The first-order chi connectivity index (χ1) is 15.9. The maximum absolute atomic E-state index is 6.12. The van der Waals surface area contributed by atoms with Crippen LogP contribution in [0, 0.1) is 11.8 Å². The Labute approximate surface area is 200 Å². The van der Waals surface area contributed by atoms with Crippen LogP contribution in [-0.2, 0) is 0 Å². The number of nitrogens with one attached hydrogen (secondary N) is 2. The highest BCUT2D eigenvalue weighted by atomic mass is 35.5. The van der Waals surface area contributed by atoms with Crippen molar-refractivity contribution in [2.45, 2.75) is 40.5 Å². The first-order valence-corrected chi connectivity index (χ1v) is 11.7. The first kappa shape index (κ1) is 24.6. The quantitative estimate of drug-likeness (QED) is 0.299. The number of aromatic nitrogens is 3. The van der Waals surface area contributed by atoms with Crippen LogP contribution >= 0.6 is 11.6 Å². The van der Waals surface area contributed by atoms with Crippen LogP contribution in [-0.4, -0.2) is 28.2 Å². The van der Waals surface area contributed by atoms with E-state index in [9.17, 15) is 0 Å². The van der Waals surface area contributed by atoms with Gasteiger partial charge < -0.3 is 20.1 Å². The van der Waals surface area contributed by atoms with Gasteiger partial charge in [-0.3, -0.25) is 0 Å². The Kier molecular flexibility index (Phi) is 9.13. The summed E-state index contributed by atoms with van der Waals surface area (Å²) in [6.07, 6.45) is 2.04. The molecule has 0 fully saturated rings. The fraction of sp³-hybridized carbons (Fsp3) is 0.400. The maximum atomic E-state index is 6.12. The molecule has 0 spiro atoms. The third kappa shape index (κ3) is 8.77. The zero-order valence-corrected chi connectivity index (χ0v) is 20.4. The number of ether oxygens (including phenoxy) is 2. The van der Waals surface area contributed by atoms with Crippen LogP contribution in [0.4, 0.5) is 23.3 Å². The van der Waals surface area contributed by atoms with Gasteiger partial charge in [-0.25, -0.2) is 0 Å². The molecule has 33 heavy (non-hydrogen) atoms. The van der Waals surface area contributed by atoms with Crippen molar-refractivity contribution in [2.75, 3.05) is 23.8 Å². The van der Waals surface area contributed by atoms with Gasteiger partial charge in [0.2, 0.25) is 17.2 Å². The first-order valence-electron chi connectivity index (χ1n) is 11.3. The van der Waals surface area contributed by atoms with E-state index in [4.69, 9.17) is 21.1 Å². The van der Waals surface area contributed by atoms with Crippen LogP contribution in [0.25, 0.3) is 0 Å². The second kappa shape index (κ2) is 12.3. The third-order valence-corrected chi connectivity index (χ3v) is 4.93. The molecule has 2 aromatic carbocycles.